The third kappa shape index (κ3) is 3.53. The molecule has 0 unspecified atom stereocenters. The number of benzene rings is 1. The van der Waals surface area contributed by atoms with E-state index in [1.807, 2.05) is 0 Å². The Kier molecular flexibility index (Phi) is 4.13. The van der Waals surface area contributed by atoms with E-state index in [9.17, 15) is 9.59 Å². The number of ether oxygens (including phenoxy) is 1. The first kappa shape index (κ1) is 14.4. The Labute approximate surface area is 120 Å². The van der Waals surface area contributed by atoms with Gasteiger partial charge in [0.15, 0.2) is 0 Å². The fourth-order valence-electron chi connectivity index (χ4n) is 1.67. The number of methoxy groups -OCH3 is 1. The van der Waals surface area contributed by atoms with E-state index >= 15 is 0 Å². The Bertz CT molecular complexity index is 700. The van der Waals surface area contributed by atoms with Gasteiger partial charge in [-0.15, -0.1) is 0 Å². The molecule has 1 amide bonds. The van der Waals surface area contributed by atoms with Crippen molar-refractivity contribution in [2.75, 3.05) is 12.4 Å². The average molecular weight is 287 g/mol. The van der Waals surface area contributed by atoms with Crippen molar-refractivity contribution in [2.24, 2.45) is 0 Å². The molecule has 0 atom stereocenters. The van der Waals surface area contributed by atoms with Crippen molar-refractivity contribution < 1.29 is 19.4 Å². The number of anilines is 1. The minimum Gasteiger partial charge on any atom is -0.481 e. The molecule has 7 nitrogen and oxygen atoms in total. The molecule has 108 valence electrons. The molecule has 0 aliphatic carbocycles. The summed E-state index contributed by atoms with van der Waals surface area (Å²) in [6.07, 6.45) is 0. The summed E-state index contributed by atoms with van der Waals surface area (Å²) in [5.41, 5.74) is 0.876. The fourth-order valence-corrected chi connectivity index (χ4v) is 1.67. The molecule has 2 aromatic rings. The van der Waals surface area contributed by atoms with Crippen LogP contribution in [0.5, 0.6) is 5.88 Å². The van der Waals surface area contributed by atoms with Gasteiger partial charge in [-0.25, -0.2) is 9.78 Å². The van der Waals surface area contributed by atoms with Crippen LogP contribution in [0.25, 0.3) is 0 Å². The topological polar surface area (TPSA) is 101 Å². The number of carbonyl (C=O) groups excluding carboxylic acids is 1. The molecule has 2 N–H and O–H groups in total. The van der Waals surface area contributed by atoms with E-state index in [0.29, 0.717) is 11.6 Å². The molecular weight excluding hydrogens is 274 g/mol. The minimum absolute atomic E-state index is 0.0328. The molecule has 0 saturated heterocycles. The number of aromatic carboxylic acids is 1. The Morgan fingerprint density at radius 1 is 1.19 bits per heavy atom. The molecule has 7 heteroatoms. The number of hydrogen-bond donors (Lipinski definition) is 2. The maximum atomic E-state index is 12.1. The second kappa shape index (κ2) is 6.00. The number of nitrogens with one attached hydrogen (secondary N) is 1. The zero-order valence-corrected chi connectivity index (χ0v) is 11.5. The van der Waals surface area contributed by atoms with E-state index in [4.69, 9.17) is 9.84 Å². The lowest BCUT2D eigenvalue weighted by Crippen LogP contribution is -2.15. The summed E-state index contributed by atoms with van der Waals surface area (Å²) in [7, 11) is 1.46. The van der Waals surface area contributed by atoms with Gasteiger partial charge in [0.2, 0.25) is 11.8 Å². The van der Waals surface area contributed by atoms with Crippen LogP contribution in [0.1, 0.15) is 26.4 Å². The zero-order chi connectivity index (χ0) is 15.4. The first-order valence-electron chi connectivity index (χ1n) is 6.04. The zero-order valence-electron chi connectivity index (χ0n) is 11.5. The first-order valence-corrected chi connectivity index (χ1v) is 6.04. The van der Waals surface area contributed by atoms with E-state index in [0.717, 1.165) is 0 Å². The molecular formula is C14H13N3O4. The lowest BCUT2D eigenvalue weighted by Gasteiger charge is -2.07. The van der Waals surface area contributed by atoms with Crippen LogP contribution in [0, 0.1) is 6.92 Å². The van der Waals surface area contributed by atoms with Gasteiger partial charge in [-0.3, -0.25) is 10.1 Å². The third-order valence-electron chi connectivity index (χ3n) is 2.64. The van der Waals surface area contributed by atoms with Gasteiger partial charge in [-0.2, -0.15) is 4.98 Å². The normalized spacial score (nSPS) is 10.0. The van der Waals surface area contributed by atoms with E-state index in [1.165, 1.54) is 31.4 Å². The molecule has 1 aromatic heterocycles. The molecule has 1 aromatic carbocycles. The predicted octanol–water partition coefficient (Wildman–Crippen LogP) is 1.74. The van der Waals surface area contributed by atoms with Crippen LogP contribution in [-0.2, 0) is 0 Å². The Morgan fingerprint density at radius 3 is 2.57 bits per heavy atom. The largest absolute Gasteiger partial charge is 0.481 e. The lowest BCUT2D eigenvalue weighted by atomic mass is 10.1. The van der Waals surface area contributed by atoms with E-state index in [2.05, 4.69) is 15.3 Å². The van der Waals surface area contributed by atoms with Crippen molar-refractivity contribution in [3.63, 3.8) is 0 Å². The molecule has 2 rings (SSSR count). The summed E-state index contributed by atoms with van der Waals surface area (Å²) >= 11 is 0. The Balaban J connectivity index is 2.23. The van der Waals surface area contributed by atoms with E-state index in [-0.39, 0.29) is 17.1 Å². The number of carboxylic acid groups (broad SMARTS) is 1. The molecule has 0 aliphatic heterocycles. The standard InChI is InChI=1S/C14H13N3O4/c1-8-6-11(21-2)16-14(15-8)17-12(18)9-4-3-5-10(7-9)13(19)20/h3-7H,1-2H3,(H,19,20)(H,15,16,17,18). The van der Waals surface area contributed by atoms with Crippen LogP contribution in [0.15, 0.2) is 30.3 Å². The number of aromatic nitrogens is 2. The van der Waals surface area contributed by atoms with Crippen LogP contribution >= 0.6 is 0 Å². The van der Waals surface area contributed by atoms with E-state index < -0.39 is 11.9 Å². The SMILES string of the molecule is COc1cc(C)nc(NC(=O)c2cccc(C(=O)O)c2)n1. The highest BCUT2D eigenvalue weighted by molar-refractivity contribution is 6.04. The summed E-state index contributed by atoms with van der Waals surface area (Å²) in [5.74, 6) is -1.17. The van der Waals surface area contributed by atoms with Gasteiger partial charge < -0.3 is 9.84 Å². The number of nitrogens with zero attached hydrogens (tertiary/aromatic N) is 2. The number of hydrogen-bond acceptors (Lipinski definition) is 5. The van der Waals surface area contributed by atoms with Crippen molar-refractivity contribution in [1.82, 2.24) is 9.97 Å². The average Bonchev–Trinajstić information content (AvgIpc) is 2.46. The summed E-state index contributed by atoms with van der Waals surface area (Å²) in [5, 5.41) is 11.4. The van der Waals surface area contributed by atoms with Gasteiger partial charge >= 0.3 is 5.97 Å². The molecule has 0 fully saturated rings. The van der Waals surface area contributed by atoms with Crippen LogP contribution in [-0.4, -0.2) is 34.1 Å². The van der Waals surface area contributed by atoms with Gasteiger partial charge in [0.05, 0.1) is 12.7 Å². The number of rotatable bonds is 4. The summed E-state index contributed by atoms with van der Waals surface area (Å²) in [6, 6.07) is 7.32. The second-order valence-corrected chi connectivity index (χ2v) is 4.22. The number of carbonyl (C=O) groups is 2. The van der Waals surface area contributed by atoms with E-state index in [1.54, 1.807) is 13.0 Å². The number of carboxylic acids is 1. The van der Waals surface area contributed by atoms with Gasteiger partial charge in [0.25, 0.3) is 5.91 Å². The highest BCUT2D eigenvalue weighted by Crippen LogP contribution is 2.13. The second-order valence-electron chi connectivity index (χ2n) is 4.22. The van der Waals surface area contributed by atoms with Crippen molar-refractivity contribution >= 4 is 17.8 Å². The highest BCUT2D eigenvalue weighted by Gasteiger charge is 2.12. The molecule has 0 radical (unpaired) electrons. The minimum atomic E-state index is -1.10. The molecule has 1 heterocycles. The highest BCUT2D eigenvalue weighted by atomic mass is 16.5. The summed E-state index contributed by atoms with van der Waals surface area (Å²) < 4.78 is 4.99. The monoisotopic (exact) mass is 287 g/mol. The number of aryl methyl sites for hydroxylation is 1. The number of amides is 1. The summed E-state index contributed by atoms with van der Waals surface area (Å²) in [6.45, 7) is 1.74. The quantitative estimate of drug-likeness (QED) is 0.888. The lowest BCUT2D eigenvalue weighted by molar-refractivity contribution is 0.0697. The predicted molar refractivity (Wildman–Crippen MR) is 74.7 cm³/mol. The van der Waals surface area contributed by atoms with Crippen molar-refractivity contribution in [2.45, 2.75) is 6.92 Å². The van der Waals surface area contributed by atoms with Crippen LogP contribution < -0.4 is 10.1 Å². The molecule has 0 aliphatic rings. The third-order valence-corrected chi connectivity index (χ3v) is 2.64. The molecule has 21 heavy (non-hydrogen) atoms. The first-order chi connectivity index (χ1) is 9.99. The van der Waals surface area contributed by atoms with Crippen molar-refractivity contribution in [1.29, 1.82) is 0 Å². The Hall–Kier alpha value is -2.96. The van der Waals surface area contributed by atoms with Gasteiger partial charge in [-0.1, -0.05) is 6.07 Å². The molecule has 0 spiro atoms. The van der Waals surface area contributed by atoms with Crippen LogP contribution in [0.2, 0.25) is 0 Å². The van der Waals surface area contributed by atoms with Crippen LogP contribution in [0.3, 0.4) is 0 Å². The van der Waals surface area contributed by atoms with Crippen molar-refractivity contribution in [3.05, 3.63) is 47.2 Å². The van der Waals surface area contributed by atoms with Crippen LogP contribution in [0.4, 0.5) is 5.95 Å². The van der Waals surface area contributed by atoms with Gasteiger partial charge in [-0.05, 0) is 25.1 Å². The fraction of sp³-hybridized carbons (Fsp3) is 0.143. The van der Waals surface area contributed by atoms with Crippen molar-refractivity contribution in [3.8, 4) is 5.88 Å². The Morgan fingerprint density at radius 2 is 1.90 bits per heavy atom. The smallest absolute Gasteiger partial charge is 0.335 e. The maximum absolute atomic E-state index is 12.1. The maximum Gasteiger partial charge on any atom is 0.335 e. The van der Waals surface area contributed by atoms with Gasteiger partial charge in [0.1, 0.15) is 0 Å². The van der Waals surface area contributed by atoms with Gasteiger partial charge in [0, 0.05) is 17.3 Å². The molecule has 0 bridgehead atoms. The molecule has 0 saturated carbocycles. The summed E-state index contributed by atoms with van der Waals surface area (Å²) in [4.78, 5) is 31.0.